The van der Waals surface area contributed by atoms with Crippen molar-refractivity contribution in [2.24, 2.45) is 0 Å². The quantitative estimate of drug-likeness (QED) is 0.544. The number of fused-ring (bicyclic) bond motifs is 1. The van der Waals surface area contributed by atoms with Gasteiger partial charge in [0, 0.05) is 56.9 Å². The number of carbonyl (C=O) groups is 3. The SMILES string of the molecule is O=C1CCC(N2Cc3cc(-n4cc(CN5CCN(c6ccccc6)CC5)nn4)ccc3C2=O)C(=O)N1. The van der Waals surface area contributed by atoms with Gasteiger partial charge in [0.25, 0.3) is 5.91 Å². The molecule has 1 unspecified atom stereocenters. The number of amides is 3. The fourth-order valence-electron chi connectivity index (χ4n) is 5.23. The summed E-state index contributed by atoms with van der Waals surface area (Å²) in [5.74, 6) is -0.874. The third kappa shape index (κ3) is 4.24. The number of piperidine rings is 1. The molecule has 4 heterocycles. The molecule has 2 saturated heterocycles. The molecule has 0 bridgehead atoms. The van der Waals surface area contributed by atoms with Crippen molar-refractivity contribution in [2.45, 2.75) is 32.0 Å². The van der Waals surface area contributed by atoms with Crippen LogP contribution in [0.2, 0.25) is 0 Å². The third-order valence-corrected chi connectivity index (χ3v) is 7.19. The van der Waals surface area contributed by atoms with Crippen LogP contribution >= 0.6 is 0 Å². The fraction of sp³-hybridized carbons (Fsp3) is 0.346. The van der Waals surface area contributed by atoms with E-state index < -0.39 is 11.9 Å². The smallest absolute Gasteiger partial charge is 0.255 e. The Labute approximate surface area is 208 Å². The molecule has 1 N–H and O–H groups in total. The summed E-state index contributed by atoms with van der Waals surface area (Å²) >= 11 is 0. The van der Waals surface area contributed by atoms with Gasteiger partial charge in [0.15, 0.2) is 0 Å². The van der Waals surface area contributed by atoms with Crippen LogP contribution in [0, 0.1) is 0 Å². The van der Waals surface area contributed by atoms with Crippen LogP contribution in [0.15, 0.2) is 54.7 Å². The molecule has 10 heteroatoms. The lowest BCUT2D eigenvalue weighted by atomic mass is 10.0. The zero-order chi connectivity index (χ0) is 24.6. The highest BCUT2D eigenvalue weighted by Gasteiger charge is 2.39. The van der Waals surface area contributed by atoms with Gasteiger partial charge in [0.05, 0.1) is 17.6 Å². The van der Waals surface area contributed by atoms with Crippen LogP contribution in [0.1, 0.15) is 34.5 Å². The topological polar surface area (TPSA) is 104 Å². The van der Waals surface area contributed by atoms with Crippen LogP contribution in [0.4, 0.5) is 5.69 Å². The molecule has 36 heavy (non-hydrogen) atoms. The second-order valence-electron chi connectivity index (χ2n) is 9.49. The molecule has 6 rings (SSSR count). The van der Waals surface area contributed by atoms with Crippen LogP contribution in [-0.4, -0.2) is 74.7 Å². The van der Waals surface area contributed by atoms with E-state index in [1.54, 1.807) is 15.6 Å². The largest absolute Gasteiger partial charge is 0.369 e. The molecule has 3 amide bonds. The van der Waals surface area contributed by atoms with E-state index in [1.165, 1.54) is 5.69 Å². The number of rotatable bonds is 5. The lowest BCUT2D eigenvalue weighted by Crippen LogP contribution is -2.52. The summed E-state index contributed by atoms with van der Waals surface area (Å²) < 4.78 is 1.73. The number of aromatic nitrogens is 3. The Morgan fingerprint density at radius 3 is 2.53 bits per heavy atom. The van der Waals surface area contributed by atoms with Gasteiger partial charge in [-0.3, -0.25) is 24.6 Å². The lowest BCUT2D eigenvalue weighted by Gasteiger charge is -2.35. The minimum absolute atomic E-state index is 0.181. The first-order valence-corrected chi connectivity index (χ1v) is 12.3. The van der Waals surface area contributed by atoms with Gasteiger partial charge in [-0.1, -0.05) is 23.4 Å². The van der Waals surface area contributed by atoms with Crippen molar-refractivity contribution in [1.82, 2.24) is 30.1 Å². The number of imide groups is 1. The molecule has 0 spiro atoms. The molecule has 0 aliphatic carbocycles. The maximum absolute atomic E-state index is 12.9. The fourth-order valence-corrected chi connectivity index (χ4v) is 5.23. The predicted octanol–water partition coefficient (Wildman–Crippen LogP) is 1.35. The highest BCUT2D eigenvalue weighted by atomic mass is 16.2. The molecule has 2 aromatic carbocycles. The van der Waals surface area contributed by atoms with Crippen LogP contribution < -0.4 is 10.2 Å². The number of piperazine rings is 1. The average molecular weight is 486 g/mol. The highest BCUT2D eigenvalue weighted by Crippen LogP contribution is 2.29. The second-order valence-corrected chi connectivity index (χ2v) is 9.49. The maximum Gasteiger partial charge on any atom is 0.255 e. The van der Waals surface area contributed by atoms with Gasteiger partial charge in [-0.05, 0) is 42.3 Å². The van der Waals surface area contributed by atoms with E-state index in [4.69, 9.17) is 0 Å². The van der Waals surface area contributed by atoms with Crippen LogP contribution in [0.5, 0.6) is 0 Å². The Morgan fingerprint density at radius 1 is 0.944 bits per heavy atom. The van der Waals surface area contributed by atoms with Crippen molar-refractivity contribution in [1.29, 1.82) is 0 Å². The molecule has 3 aliphatic rings. The number of hydrogen-bond acceptors (Lipinski definition) is 7. The van der Waals surface area contributed by atoms with Gasteiger partial charge < -0.3 is 9.80 Å². The van der Waals surface area contributed by atoms with Crippen LogP contribution in [-0.2, 0) is 22.7 Å². The first-order chi connectivity index (χ1) is 17.5. The van der Waals surface area contributed by atoms with E-state index in [9.17, 15) is 14.4 Å². The molecule has 3 aromatic rings. The number of carbonyl (C=O) groups excluding carboxylic acids is 3. The summed E-state index contributed by atoms with van der Waals surface area (Å²) in [5, 5.41) is 11.0. The molecule has 3 aliphatic heterocycles. The monoisotopic (exact) mass is 485 g/mol. The molecule has 184 valence electrons. The van der Waals surface area contributed by atoms with Gasteiger partial charge in [0.2, 0.25) is 11.8 Å². The Kier molecular flexibility index (Phi) is 5.73. The Balaban J connectivity index is 1.10. The average Bonchev–Trinajstić information content (AvgIpc) is 3.49. The standard InChI is InChI=1S/C26H27N7O3/c34-24-9-8-23(25(35)27-24)32-15-18-14-21(6-7-22(18)26(32)36)33-17-19(28-29-33)16-30-10-12-31(13-11-30)20-4-2-1-3-5-20/h1-7,14,17,23H,8-13,15-16H2,(H,27,34,35). The molecule has 2 fully saturated rings. The molecule has 1 aromatic heterocycles. The van der Waals surface area contributed by atoms with Crippen LogP contribution in [0.3, 0.4) is 0 Å². The van der Waals surface area contributed by atoms with E-state index in [0.29, 0.717) is 18.5 Å². The Morgan fingerprint density at radius 2 is 1.75 bits per heavy atom. The normalized spacial score (nSPS) is 20.6. The number of hydrogen-bond donors (Lipinski definition) is 1. The summed E-state index contributed by atoms with van der Waals surface area (Å²) in [4.78, 5) is 43.0. The number of benzene rings is 2. The highest BCUT2D eigenvalue weighted by molar-refractivity contribution is 6.05. The Hall–Kier alpha value is -4.05. The molecule has 0 radical (unpaired) electrons. The van der Waals surface area contributed by atoms with Gasteiger partial charge in [0.1, 0.15) is 6.04 Å². The van der Waals surface area contributed by atoms with Gasteiger partial charge in [-0.15, -0.1) is 5.10 Å². The summed E-state index contributed by atoms with van der Waals surface area (Å²) in [6, 6.07) is 15.4. The molecule has 0 saturated carbocycles. The minimum Gasteiger partial charge on any atom is -0.369 e. The predicted molar refractivity (Wildman–Crippen MR) is 131 cm³/mol. The lowest BCUT2D eigenvalue weighted by molar-refractivity contribution is -0.136. The van der Waals surface area contributed by atoms with E-state index in [-0.39, 0.29) is 18.2 Å². The van der Waals surface area contributed by atoms with E-state index in [2.05, 4.69) is 49.7 Å². The number of nitrogens with zero attached hydrogens (tertiary/aromatic N) is 6. The summed E-state index contributed by atoms with van der Waals surface area (Å²) in [6.45, 7) is 4.93. The first-order valence-electron chi connectivity index (χ1n) is 12.3. The van der Waals surface area contributed by atoms with Crippen molar-refractivity contribution in [3.8, 4) is 5.69 Å². The van der Waals surface area contributed by atoms with Crippen molar-refractivity contribution >= 4 is 23.4 Å². The van der Waals surface area contributed by atoms with E-state index in [1.807, 2.05) is 24.4 Å². The first kappa shape index (κ1) is 22.4. The van der Waals surface area contributed by atoms with Gasteiger partial charge in [-0.25, -0.2) is 4.68 Å². The minimum atomic E-state index is -0.619. The van der Waals surface area contributed by atoms with E-state index >= 15 is 0 Å². The van der Waals surface area contributed by atoms with Crippen LogP contribution in [0.25, 0.3) is 5.69 Å². The number of para-hydroxylation sites is 1. The molecular weight excluding hydrogens is 458 g/mol. The van der Waals surface area contributed by atoms with Gasteiger partial charge >= 0.3 is 0 Å². The zero-order valence-electron chi connectivity index (χ0n) is 19.8. The van der Waals surface area contributed by atoms with Crippen molar-refractivity contribution in [3.05, 3.63) is 71.5 Å². The van der Waals surface area contributed by atoms with E-state index in [0.717, 1.165) is 49.7 Å². The Bertz CT molecular complexity index is 1310. The summed E-state index contributed by atoms with van der Waals surface area (Å²) in [7, 11) is 0. The number of anilines is 1. The summed E-state index contributed by atoms with van der Waals surface area (Å²) in [6.07, 6.45) is 2.52. The van der Waals surface area contributed by atoms with Crippen molar-refractivity contribution in [3.63, 3.8) is 0 Å². The molecule has 1 atom stereocenters. The van der Waals surface area contributed by atoms with Crippen molar-refractivity contribution < 1.29 is 14.4 Å². The molecular formula is C26H27N7O3. The second kappa shape index (κ2) is 9.19. The molecule has 10 nitrogen and oxygen atoms in total. The number of nitrogens with one attached hydrogen (secondary N) is 1. The van der Waals surface area contributed by atoms with Crippen molar-refractivity contribution in [2.75, 3.05) is 31.1 Å². The maximum atomic E-state index is 12.9. The third-order valence-electron chi connectivity index (χ3n) is 7.19. The van der Waals surface area contributed by atoms with Gasteiger partial charge in [-0.2, -0.15) is 0 Å². The zero-order valence-corrected chi connectivity index (χ0v) is 19.8. The summed E-state index contributed by atoms with van der Waals surface area (Å²) in [5.41, 5.74) is 4.40.